The normalized spacial score (nSPS) is 24.2. The maximum absolute atomic E-state index is 13.6. The molecule has 3 unspecified atom stereocenters. The Balaban J connectivity index is 2.12. The summed E-state index contributed by atoms with van der Waals surface area (Å²) in [6, 6.07) is 6.25. The van der Waals surface area contributed by atoms with Gasteiger partial charge in [0.25, 0.3) is 0 Å². The quantitative estimate of drug-likeness (QED) is 0.868. The van der Waals surface area contributed by atoms with E-state index in [1.165, 1.54) is 6.07 Å². The third kappa shape index (κ3) is 2.31. The fraction of sp³-hybridized carbons (Fsp3) is 0.462. The molecule has 0 bridgehead atoms. The number of rotatable bonds is 3. The van der Waals surface area contributed by atoms with Gasteiger partial charge in [0.15, 0.2) is 0 Å². The van der Waals surface area contributed by atoms with Gasteiger partial charge in [-0.25, -0.2) is 4.39 Å². The molecule has 17 heavy (non-hydrogen) atoms. The Morgan fingerprint density at radius 1 is 1.53 bits per heavy atom. The SMILES string of the molecule is CC(c1ccccc1F)N(C)C(=O)C1CC1N. The minimum absolute atomic E-state index is 0.00764. The zero-order valence-electron chi connectivity index (χ0n) is 10.1. The van der Waals surface area contributed by atoms with Gasteiger partial charge in [-0.1, -0.05) is 18.2 Å². The number of hydrogen-bond acceptors (Lipinski definition) is 2. The van der Waals surface area contributed by atoms with E-state index in [0.717, 1.165) is 6.42 Å². The molecule has 92 valence electrons. The van der Waals surface area contributed by atoms with Crippen LogP contribution < -0.4 is 5.73 Å². The summed E-state index contributed by atoms with van der Waals surface area (Å²) in [6.07, 6.45) is 0.743. The number of halogens is 1. The average molecular weight is 236 g/mol. The van der Waals surface area contributed by atoms with Gasteiger partial charge in [-0.15, -0.1) is 0 Å². The van der Waals surface area contributed by atoms with E-state index in [0.29, 0.717) is 5.56 Å². The van der Waals surface area contributed by atoms with Crippen molar-refractivity contribution in [1.82, 2.24) is 4.90 Å². The van der Waals surface area contributed by atoms with Crippen molar-refractivity contribution in [3.8, 4) is 0 Å². The van der Waals surface area contributed by atoms with E-state index in [2.05, 4.69) is 0 Å². The average Bonchev–Trinajstić information content (AvgIpc) is 3.04. The topological polar surface area (TPSA) is 46.3 Å². The second-order valence-electron chi connectivity index (χ2n) is 4.65. The lowest BCUT2D eigenvalue weighted by molar-refractivity contribution is -0.133. The van der Waals surface area contributed by atoms with E-state index in [4.69, 9.17) is 5.73 Å². The third-order valence-corrected chi connectivity index (χ3v) is 3.44. The monoisotopic (exact) mass is 236 g/mol. The molecule has 2 rings (SSSR count). The van der Waals surface area contributed by atoms with Crippen molar-refractivity contribution in [1.29, 1.82) is 0 Å². The summed E-state index contributed by atoms with van der Waals surface area (Å²) in [4.78, 5) is 13.5. The van der Waals surface area contributed by atoms with Gasteiger partial charge in [-0.3, -0.25) is 4.79 Å². The summed E-state index contributed by atoms with van der Waals surface area (Å²) < 4.78 is 13.6. The Morgan fingerprint density at radius 2 is 2.12 bits per heavy atom. The standard InChI is InChI=1S/C13H17FN2O/c1-8(9-5-3-4-6-11(9)14)16(2)13(17)10-7-12(10)15/h3-6,8,10,12H,7,15H2,1-2H3. The highest BCUT2D eigenvalue weighted by Crippen LogP contribution is 2.32. The molecular formula is C13H17FN2O. The molecule has 0 aliphatic heterocycles. The van der Waals surface area contributed by atoms with Crippen molar-refractivity contribution in [3.63, 3.8) is 0 Å². The molecule has 1 aliphatic carbocycles. The summed E-state index contributed by atoms with van der Waals surface area (Å²) in [7, 11) is 1.70. The number of amides is 1. The van der Waals surface area contributed by atoms with Gasteiger partial charge in [0.2, 0.25) is 5.91 Å². The molecule has 2 N–H and O–H groups in total. The predicted octanol–water partition coefficient (Wildman–Crippen LogP) is 1.69. The van der Waals surface area contributed by atoms with Crippen molar-refractivity contribution >= 4 is 5.91 Å². The molecule has 3 atom stereocenters. The summed E-state index contributed by atoms with van der Waals surface area (Å²) in [6.45, 7) is 1.82. The summed E-state index contributed by atoms with van der Waals surface area (Å²) in [5, 5.41) is 0. The molecule has 1 aromatic rings. The van der Waals surface area contributed by atoms with Crippen LogP contribution in [0.2, 0.25) is 0 Å². The van der Waals surface area contributed by atoms with E-state index >= 15 is 0 Å². The van der Waals surface area contributed by atoms with E-state index in [9.17, 15) is 9.18 Å². The first-order chi connectivity index (χ1) is 8.02. The molecule has 1 aliphatic rings. The predicted molar refractivity (Wildman–Crippen MR) is 63.7 cm³/mol. The van der Waals surface area contributed by atoms with Gasteiger partial charge < -0.3 is 10.6 Å². The van der Waals surface area contributed by atoms with Crippen LogP contribution in [0.15, 0.2) is 24.3 Å². The summed E-state index contributed by atoms with van der Waals surface area (Å²) in [5.41, 5.74) is 6.19. The molecule has 0 radical (unpaired) electrons. The molecule has 0 saturated heterocycles. The number of hydrogen-bond donors (Lipinski definition) is 1. The number of nitrogens with zero attached hydrogens (tertiary/aromatic N) is 1. The Labute approximate surface area is 100 Å². The molecule has 0 aromatic heterocycles. The molecule has 1 fully saturated rings. The third-order valence-electron chi connectivity index (χ3n) is 3.44. The van der Waals surface area contributed by atoms with Crippen molar-refractivity contribution in [3.05, 3.63) is 35.6 Å². The highest BCUT2D eigenvalue weighted by molar-refractivity contribution is 5.82. The highest BCUT2D eigenvalue weighted by atomic mass is 19.1. The number of nitrogens with two attached hydrogens (primary N) is 1. The van der Waals surface area contributed by atoms with E-state index in [1.54, 1.807) is 30.1 Å². The fourth-order valence-electron chi connectivity index (χ4n) is 1.97. The van der Waals surface area contributed by atoms with Gasteiger partial charge in [0.05, 0.1) is 12.0 Å². The van der Waals surface area contributed by atoms with Crippen LogP contribution >= 0.6 is 0 Å². The van der Waals surface area contributed by atoms with Crippen molar-refractivity contribution < 1.29 is 9.18 Å². The van der Waals surface area contributed by atoms with Crippen molar-refractivity contribution in [2.45, 2.75) is 25.4 Å². The molecule has 4 heteroatoms. The molecular weight excluding hydrogens is 219 g/mol. The minimum atomic E-state index is -0.278. The van der Waals surface area contributed by atoms with Gasteiger partial charge in [-0.2, -0.15) is 0 Å². The molecule has 0 spiro atoms. The largest absolute Gasteiger partial charge is 0.339 e. The van der Waals surface area contributed by atoms with Gasteiger partial charge in [0, 0.05) is 18.7 Å². The first-order valence-corrected chi connectivity index (χ1v) is 5.79. The number of carbonyl (C=O) groups is 1. The van der Waals surface area contributed by atoms with Gasteiger partial charge >= 0.3 is 0 Å². The lowest BCUT2D eigenvalue weighted by atomic mass is 10.1. The second-order valence-corrected chi connectivity index (χ2v) is 4.65. The van der Waals surface area contributed by atoms with Gasteiger partial charge in [-0.05, 0) is 19.4 Å². The minimum Gasteiger partial charge on any atom is -0.339 e. The van der Waals surface area contributed by atoms with Crippen molar-refractivity contribution in [2.75, 3.05) is 7.05 Å². The fourth-order valence-corrected chi connectivity index (χ4v) is 1.97. The second kappa shape index (κ2) is 4.45. The molecule has 1 amide bonds. The lowest BCUT2D eigenvalue weighted by Crippen LogP contribution is -2.32. The van der Waals surface area contributed by atoms with Crippen LogP contribution in [-0.2, 0) is 4.79 Å². The number of benzene rings is 1. The lowest BCUT2D eigenvalue weighted by Gasteiger charge is -2.25. The van der Waals surface area contributed by atoms with Crippen LogP contribution in [0, 0.1) is 11.7 Å². The van der Waals surface area contributed by atoms with Gasteiger partial charge in [0.1, 0.15) is 5.82 Å². The van der Waals surface area contributed by atoms with Crippen molar-refractivity contribution in [2.24, 2.45) is 11.7 Å². The van der Waals surface area contributed by atoms with Crippen LogP contribution in [0.25, 0.3) is 0 Å². The zero-order chi connectivity index (χ0) is 12.6. The molecule has 1 saturated carbocycles. The van der Waals surface area contributed by atoms with E-state index < -0.39 is 0 Å². The smallest absolute Gasteiger partial charge is 0.227 e. The Morgan fingerprint density at radius 3 is 2.65 bits per heavy atom. The molecule has 3 nitrogen and oxygen atoms in total. The molecule has 0 heterocycles. The van der Waals surface area contributed by atoms with Crippen LogP contribution in [0.3, 0.4) is 0 Å². The first-order valence-electron chi connectivity index (χ1n) is 5.79. The Hall–Kier alpha value is -1.42. The maximum Gasteiger partial charge on any atom is 0.227 e. The highest BCUT2D eigenvalue weighted by Gasteiger charge is 2.42. The summed E-state index contributed by atoms with van der Waals surface area (Å²) >= 11 is 0. The van der Waals surface area contributed by atoms with Crippen LogP contribution in [0.1, 0.15) is 24.9 Å². The Bertz CT molecular complexity index is 435. The van der Waals surface area contributed by atoms with Crippen LogP contribution in [-0.4, -0.2) is 23.9 Å². The summed E-state index contributed by atoms with van der Waals surface area (Å²) in [5.74, 6) is -0.345. The Kier molecular flexibility index (Phi) is 3.15. The van der Waals surface area contributed by atoms with Crippen LogP contribution in [0.5, 0.6) is 0 Å². The molecule has 1 aromatic carbocycles. The van der Waals surface area contributed by atoms with Crippen LogP contribution in [0.4, 0.5) is 4.39 Å². The van der Waals surface area contributed by atoms with E-state index in [-0.39, 0.29) is 29.7 Å². The van der Waals surface area contributed by atoms with E-state index in [1.807, 2.05) is 6.92 Å². The first kappa shape index (κ1) is 12.0. The number of carbonyl (C=O) groups excluding carboxylic acids is 1. The maximum atomic E-state index is 13.6. The zero-order valence-corrected chi connectivity index (χ0v) is 10.1.